The van der Waals surface area contributed by atoms with E-state index in [-0.39, 0.29) is 0 Å². The Bertz CT molecular complexity index is 101. The number of hydrogen-bond acceptors (Lipinski definition) is 2. The van der Waals surface area contributed by atoms with E-state index in [0.717, 1.165) is 0 Å². The van der Waals surface area contributed by atoms with Crippen molar-refractivity contribution >= 4 is 5.97 Å². The molecule has 0 aromatic rings. The molecular formula is C5H8NO2. The number of hydrogen-bond donors (Lipinski definition) is 0. The highest BCUT2D eigenvalue weighted by Gasteiger charge is 2.07. The van der Waals surface area contributed by atoms with Crippen molar-refractivity contribution in [3.63, 3.8) is 0 Å². The number of methoxy groups -OCH3 is 1. The van der Waals surface area contributed by atoms with E-state index in [1.54, 1.807) is 0 Å². The fraction of sp³-hybridized carbons (Fsp3) is 0.400. The molecule has 0 aliphatic heterocycles. The second-order valence-electron chi connectivity index (χ2n) is 1.24. The van der Waals surface area contributed by atoms with E-state index in [1.165, 1.54) is 13.2 Å². The molecule has 3 nitrogen and oxygen atoms in total. The maximum Gasteiger partial charge on any atom is 0.328 e. The summed E-state index contributed by atoms with van der Waals surface area (Å²) < 4.78 is 4.21. The third kappa shape index (κ3) is 1.75. The van der Waals surface area contributed by atoms with E-state index in [0.29, 0.717) is 0 Å². The first kappa shape index (κ1) is 7.17. The molecule has 0 saturated heterocycles. The van der Waals surface area contributed by atoms with Gasteiger partial charge in [-0.1, -0.05) is 6.08 Å². The van der Waals surface area contributed by atoms with Crippen LogP contribution in [0.5, 0.6) is 0 Å². The Balaban J connectivity index is 3.62. The van der Waals surface area contributed by atoms with Crippen LogP contribution in [-0.2, 0) is 9.53 Å². The lowest BCUT2D eigenvalue weighted by Crippen LogP contribution is -2.20. The highest BCUT2D eigenvalue weighted by atomic mass is 16.5. The van der Waals surface area contributed by atoms with Gasteiger partial charge in [-0.15, -0.1) is 6.58 Å². The number of carbonyl (C=O) groups is 1. The SMILES string of the molecule is C=CC([NH])C(=O)OC. The van der Waals surface area contributed by atoms with E-state index in [9.17, 15) is 4.79 Å². The molecule has 45 valence electrons. The summed E-state index contributed by atoms with van der Waals surface area (Å²) in [6.07, 6.45) is 1.21. The molecule has 0 bridgehead atoms. The van der Waals surface area contributed by atoms with Crippen LogP contribution < -0.4 is 5.73 Å². The molecule has 0 rings (SSSR count). The van der Waals surface area contributed by atoms with Gasteiger partial charge in [0.2, 0.25) is 0 Å². The van der Waals surface area contributed by atoms with E-state index in [4.69, 9.17) is 5.73 Å². The van der Waals surface area contributed by atoms with Crippen LogP contribution >= 0.6 is 0 Å². The standard InChI is InChI=1S/C5H8NO2/c1-3-4(6)5(7)8-2/h3-4,6H,1H2,2H3. The van der Waals surface area contributed by atoms with Gasteiger partial charge in [-0.25, -0.2) is 10.5 Å². The first-order valence-corrected chi connectivity index (χ1v) is 2.14. The van der Waals surface area contributed by atoms with Crippen molar-refractivity contribution in [2.45, 2.75) is 6.04 Å². The lowest BCUT2D eigenvalue weighted by atomic mass is 10.3. The molecule has 0 aromatic carbocycles. The van der Waals surface area contributed by atoms with Crippen LogP contribution in [0.3, 0.4) is 0 Å². The van der Waals surface area contributed by atoms with Crippen molar-refractivity contribution in [1.82, 2.24) is 5.73 Å². The molecule has 0 aromatic heterocycles. The second-order valence-corrected chi connectivity index (χ2v) is 1.24. The number of nitrogens with one attached hydrogen (secondary N) is 1. The van der Waals surface area contributed by atoms with Crippen molar-refractivity contribution in [3.05, 3.63) is 12.7 Å². The number of esters is 1. The van der Waals surface area contributed by atoms with Crippen LogP contribution in [-0.4, -0.2) is 19.1 Å². The maximum atomic E-state index is 10.3. The van der Waals surface area contributed by atoms with Gasteiger partial charge in [0, 0.05) is 0 Å². The number of carbonyl (C=O) groups excluding carboxylic acids is 1. The zero-order chi connectivity index (χ0) is 6.57. The predicted molar refractivity (Wildman–Crippen MR) is 29.1 cm³/mol. The molecule has 1 radical (unpaired) electrons. The lowest BCUT2D eigenvalue weighted by molar-refractivity contribution is -0.141. The Kier molecular flexibility index (Phi) is 2.88. The highest BCUT2D eigenvalue weighted by Crippen LogP contribution is 1.83. The smallest absolute Gasteiger partial charge is 0.328 e. The minimum absolute atomic E-state index is 0.569. The zero-order valence-corrected chi connectivity index (χ0v) is 4.68. The van der Waals surface area contributed by atoms with E-state index in [2.05, 4.69) is 11.3 Å². The van der Waals surface area contributed by atoms with Gasteiger partial charge in [-0.05, 0) is 0 Å². The van der Waals surface area contributed by atoms with Gasteiger partial charge in [-0.2, -0.15) is 0 Å². The van der Waals surface area contributed by atoms with E-state index >= 15 is 0 Å². The maximum absolute atomic E-state index is 10.3. The average molecular weight is 114 g/mol. The minimum atomic E-state index is -0.931. The van der Waals surface area contributed by atoms with Crippen molar-refractivity contribution < 1.29 is 9.53 Å². The Labute approximate surface area is 48.1 Å². The van der Waals surface area contributed by atoms with E-state index < -0.39 is 12.0 Å². The number of rotatable bonds is 2. The Morgan fingerprint density at radius 1 is 2.00 bits per heavy atom. The molecule has 0 fully saturated rings. The molecule has 0 heterocycles. The molecule has 1 atom stereocenters. The van der Waals surface area contributed by atoms with Gasteiger partial charge in [0.25, 0.3) is 0 Å². The normalized spacial score (nSPS) is 12.2. The van der Waals surface area contributed by atoms with Crippen LogP contribution in [0.15, 0.2) is 12.7 Å². The van der Waals surface area contributed by atoms with Crippen LogP contribution in [0, 0.1) is 0 Å². The second kappa shape index (κ2) is 3.21. The summed E-state index contributed by atoms with van der Waals surface area (Å²) >= 11 is 0. The lowest BCUT2D eigenvalue weighted by Gasteiger charge is -1.98. The van der Waals surface area contributed by atoms with Gasteiger partial charge in [0.1, 0.15) is 6.04 Å². The van der Waals surface area contributed by atoms with E-state index in [1.807, 2.05) is 0 Å². The summed E-state index contributed by atoms with van der Waals surface area (Å²) in [7, 11) is 1.24. The van der Waals surface area contributed by atoms with Crippen molar-refractivity contribution in [2.75, 3.05) is 7.11 Å². The average Bonchev–Trinajstić information content (AvgIpc) is 1.84. The van der Waals surface area contributed by atoms with Gasteiger partial charge < -0.3 is 4.74 Å². The zero-order valence-electron chi connectivity index (χ0n) is 4.68. The quantitative estimate of drug-likeness (QED) is 0.374. The first-order chi connectivity index (χ1) is 3.72. The fourth-order valence-electron chi connectivity index (χ4n) is 0.223. The van der Waals surface area contributed by atoms with Crippen molar-refractivity contribution in [3.8, 4) is 0 Å². The van der Waals surface area contributed by atoms with Gasteiger partial charge in [0.15, 0.2) is 0 Å². The first-order valence-electron chi connectivity index (χ1n) is 2.14. The molecular weight excluding hydrogens is 106 g/mol. The van der Waals surface area contributed by atoms with Crippen molar-refractivity contribution in [2.24, 2.45) is 0 Å². The Morgan fingerprint density at radius 2 is 2.50 bits per heavy atom. The van der Waals surface area contributed by atoms with Crippen LogP contribution in [0.4, 0.5) is 0 Å². The summed E-state index contributed by atoms with van der Waals surface area (Å²) in [4.78, 5) is 10.3. The molecule has 1 N–H and O–H groups in total. The van der Waals surface area contributed by atoms with Crippen LogP contribution in [0.25, 0.3) is 0 Å². The summed E-state index contributed by atoms with van der Waals surface area (Å²) in [5.41, 5.74) is 6.83. The fourth-order valence-corrected chi connectivity index (χ4v) is 0.223. The highest BCUT2D eigenvalue weighted by molar-refractivity contribution is 5.77. The van der Waals surface area contributed by atoms with Crippen LogP contribution in [0.2, 0.25) is 0 Å². The van der Waals surface area contributed by atoms with Gasteiger partial charge in [-0.3, -0.25) is 0 Å². The molecule has 1 unspecified atom stereocenters. The van der Waals surface area contributed by atoms with Gasteiger partial charge in [0.05, 0.1) is 7.11 Å². The summed E-state index contributed by atoms with van der Waals surface area (Å²) in [6, 6.07) is -0.931. The molecule has 0 aliphatic rings. The molecule has 0 saturated carbocycles. The Hall–Kier alpha value is -0.830. The molecule has 3 heteroatoms. The topological polar surface area (TPSA) is 50.1 Å². The molecule has 0 amide bonds. The van der Waals surface area contributed by atoms with Gasteiger partial charge >= 0.3 is 5.97 Å². The number of ether oxygens (including phenoxy) is 1. The molecule has 0 aliphatic carbocycles. The third-order valence-electron chi connectivity index (χ3n) is 0.691. The molecule has 8 heavy (non-hydrogen) atoms. The largest absolute Gasteiger partial charge is 0.468 e. The summed E-state index contributed by atoms with van der Waals surface area (Å²) in [5.74, 6) is -0.569. The molecule has 0 spiro atoms. The minimum Gasteiger partial charge on any atom is -0.468 e. The monoisotopic (exact) mass is 114 g/mol. The van der Waals surface area contributed by atoms with Crippen molar-refractivity contribution in [1.29, 1.82) is 0 Å². The summed E-state index contributed by atoms with van der Waals surface area (Å²) in [5, 5.41) is 0. The third-order valence-corrected chi connectivity index (χ3v) is 0.691. The Morgan fingerprint density at radius 3 is 2.62 bits per heavy atom. The predicted octanol–water partition coefficient (Wildman–Crippen LogP) is -0.00310. The summed E-state index contributed by atoms with van der Waals surface area (Å²) in [6.45, 7) is 3.24. The van der Waals surface area contributed by atoms with Crippen LogP contribution in [0.1, 0.15) is 0 Å².